The number of nitrogen functional groups attached to an aromatic ring is 1. The number of hydrogen-bond acceptors (Lipinski definition) is 4. The molecule has 2 aromatic heterocycles. The standard InChI is InChI=1S/C20H22F4N4O/c1-9(2)28-14(19-12-6-18(21,8-29-3)16(19)15(12)19)5-13(27-28)10-4-11(20(22,23)24)17(25)26-7-10/h4-5,7,9,12,15-16H,6,8H2,1-3H3,(H2,25,26)/t12-,15-,16?,18?,19-/m1/s1. The van der Waals surface area contributed by atoms with Crippen molar-refractivity contribution in [3.63, 3.8) is 0 Å². The van der Waals surface area contributed by atoms with Crippen LogP contribution >= 0.6 is 0 Å². The minimum Gasteiger partial charge on any atom is -0.383 e. The van der Waals surface area contributed by atoms with Gasteiger partial charge in [0.25, 0.3) is 0 Å². The van der Waals surface area contributed by atoms with Crippen molar-refractivity contribution in [3.8, 4) is 11.3 Å². The second-order valence-electron chi connectivity index (χ2n) is 8.82. The second-order valence-corrected chi connectivity index (χ2v) is 8.82. The highest BCUT2D eigenvalue weighted by molar-refractivity contribution is 5.65. The molecule has 5 atom stereocenters. The topological polar surface area (TPSA) is 66.0 Å². The Hall–Kier alpha value is -2.16. The van der Waals surface area contributed by atoms with Crippen molar-refractivity contribution >= 4 is 5.82 Å². The van der Waals surface area contributed by atoms with E-state index in [1.165, 1.54) is 13.3 Å². The van der Waals surface area contributed by atoms with Crippen molar-refractivity contribution in [2.75, 3.05) is 19.5 Å². The van der Waals surface area contributed by atoms with Crippen molar-refractivity contribution in [2.24, 2.45) is 17.8 Å². The molecular weight excluding hydrogens is 388 g/mol. The summed E-state index contributed by atoms with van der Waals surface area (Å²) >= 11 is 0. The van der Waals surface area contributed by atoms with Crippen molar-refractivity contribution in [3.05, 3.63) is 29.6 Å². The van der Waals surface area contributed by atoms with E-state index in [-0.39, 0.29) is 41.4 Å². The van der Waals surface area contributed by atoms with Crippen molar-refractivity contribution in [1.29, 1.82) is 0 Å². The predicted octanol–water partition coefficient (Wildman–Crippen LogP) is 4.00. The Bertz CT molecular complexity index is 997. The summed E-state index contributed by atoms with van der Waals surface area (Å²) in [5, 5.41) is 4.57. The highest BCUT2D eigenvalue weighted by Crippen LogP contribution is 2.93. The van der Waals surface area contributed by atoms with E-state index in [0.717, 1.165) is 11.8 Å². The largest absolute Gasteiger partial charge is 0.419 e. The Labute approximate surface area is 165 Å². The van der Waals surface area contributed by atoms with Gasteiger partial charge >= 0.3 is 6.18 Å². The number of halogens is 4. The average molecular weight is 410 g/mol. The summed E-state index contributed by atoms with van der Waals surface area (Å²) in [6.07, 6.45) is -2.83. The van der Waals surface area contributed by atoms with Gasteiger partial charge in [0.15, 0.2) is 0 Å². The van der Waals surface area contributed by atoms with Crippen LogP contribution < -0.4 is 5.73 Å². The van der Waals surface area contributed by atoms with E-state index in [9.17, 15) is 13.2 Å². The van der Waals surface area contributed by atoms with Crippen molar-refractivity contribution in [2.45, 2.75) is 43.6 Å². The average Bonchev–Trinajstić information content (AvgIpc) is 3.26. The van der Waals surface area contributed by atoms with Crippen LogP contribution in [0.2, 0.25) is 0 Å². The van der Waals surface area contributed by atoms with Gasteiger partial charge in [0.05, 0.1) is 17.9 Å². The molecule has 4 aliphatic rings. The number of anilines is 1. The Morgan fingerprint density at radius 3 is 2.66 bits per heavy atom. The highest BCUT2D eigenvalue weighted by atomic mass is 19.4. The highest BCUT2D eigenvalue weighted by Gasteiger charge is 2.97. The van der Waals surface area contributed by atoms with Gasteiger partial charge in [0, 0.05) is 41.9 Å². The Morgan fingerprint density at radius 2 is 2.07 bits per heavy atom. The molecule has 0 spiro atoms. The van der Waals surface area contributed by atoms with Crippen LogP contribution in [0, 0.1) is 17.8 Å². The number of hydrogen-bond donors (Lipinski definition) is 1. The molecule has 4 fully saturated rings. The number of nitrogens with zero attached hydrogens (tertiary/aromatic N) is 3. The number of nitrogens with two attached hydrogens (primary N) is 1. The molecule has 156 valence electrons. The Morgan fingerprint density at radius 1 is 1.34 bits per heavy atom. The first-order valence-corrected chi connectivity index (χ1v) is 9.66. The molecule has 4 saturated carbocycles. The normalized spacial score (nSPS) is 34.6. The van der Waals surface area contributed by atoms with E-state index < -0.39 is 23.2 Å². The number of methoxy groups -OCH3 is 1. The third kappa shape index (κ3) is 2.30. The lowest BCUT2D eigenvalue weighted by atomic mass is 9.97. The molecule has 4 aliphatic carbocycles. The van der Waals surface area contributed by atoms with Crippen LogP contribution in [0.5, 0.6) is 0 Å². The quantitative estimate of drug-likeness (QED) is 0.757. The molecule has 0 amide bonds. The third-order valence-corrected chi connectivity index (χ3v) is 6.94. The maximum atomic E-state index is 15.3. The van der Waals surface area contributed by atoms with Gasteiger partial charge in [-0.15, -0.1) is 0 Å². The lowest BCUT2D eigenvalue weighted by molar-refractivity contribution is -0.137. The van der Waals surface area contributed by atoms with Crippen molar-refractivity contribution in [1.82, 2.24) is 14.8 Å². The fourth-order valence-electron chi connectivity index (χ4n) is 5.83. The zero-order chi connectivity index (χ0) is 20.9. The SMILES string of the molecule is COCC1(F)C[C@@H]2[C@@H]3C1[C@@]23c1cc(-c2cnc(N)c(C(F)(F)F)c2)nn1C(C)C. The lowest BCUT2D eigenvalue weighted by Crippen LogP contribution is -2.29. The fourth-order valence-corrected chi connectivity index (χ4v) is 5.83. The van der Waals surface area contributed by atoms with Crippen LogP contribution in [0.4, 0.5) is 23.4 Å². The van der Waals surface area contributed by atoms with Gasteiger partial charge in [0.1, 0.15) is 11.5 Å². The van der Waals surface area contributed by atoms with Gasteiger partial charge in [0.2, 0.25) is 0 Å². The fraction of sp³-hybridized carbons (Fsp3) is 0.600. The van der Waals surface area contributed by atoms with Crippen molar-refractivity contribution < 1.29 is 22.3 Å². The number of alkyl halides is 4. The van der Waals surface area contributed by atoms with Gasteiger partial charge in [-0.2, -0.15) is 18.3 Å². The summed E-state index contributed by atoms with van der Waals surface area (Å²) in [4.78, 5) is 3.72. The van der Waals surface area contributed by atoms with E-state index >= 15 is 4.39 Å². The molecule has 6 rings (SSSR count). The van der Waals surface area contributed by atoms with Crippen LogP contribution in [0.3, 0.4) is 0 Å². The van der Waals surface area contributed by atoms with Gasteiger partial charge in [-0.05, 0) is 44.2 Å². The van der Waals surface area contributed by atoms with Crippen LogP contribution in [-0.2, 0) is 16.3 Å². The number of rotatable bonds is 5. The van der Waals surface area contributed by atoms with E-state index in [0.29, 0.717) is 12.1 Å². The summed E-state index contributed by atoms with van der Waals surface area (Å²) in [7, 11) is 1.50. The molecular formula is C20H22F4N4O. The summed E-state index contributed by atoms with van der Waals surface area (Å²) in [5.74, 6) is -0.130. The third-order valence-electron chi connectivity index (χ3n) is 6.94. The first kappa shape index (κ1) is 18.8. The maximum absolute atomic E-state index is 15.3. The van der Waals surface area contributed by atoms with Gasteiger partial charge in [-0.3, -0.25) is 4.68 Å². The first-order chi connectivity index (χ1) is 13.6. The van der Waals surface area contributed by atoms with E-state index in [4.69, 9.17) is 10.5 Å². The van der Waals surface area contributed by atoms with Crippen LogP contribution in [0.15, 0.2) is 18.3 Å². The van der Waals surface area contributed by atoms with E-state index in [2.05, 4.69) is 10.1 Å². The van der Waals surface area contributed by atoms with E-state index in [1.807, 2.05) is 18.5 Å². The molecule has 0 aromatic carbocycles. The molecule has 9 heteroatoms. The minimum absolute atomic E-state index is 0.00496. The maximum Gasteiger partial charge on any atom is 0.419 e. The summed E-state index contributed by atoms with van der Waals surface area (Å²) in [5.41, 5.74) is 4.40. The van der Waals surface area contributed by atoms with E-state index in [1.54, 1.807) is 6.07 Å². The number of ether oxygens (including phenoxy) is 1. The summed E-state index contributed by atoms with van der Waals surface area (Å²) < 4.78 is 61.9. The number of fused-ring (bicyclic) bond motifs is 1. The lowest BCUT2D eigenvalue weighted by Gasteiger charge is -2.20. The predicted molar refractivity (Wildman–Crippen MR) is 97.7 cm³/mol. The number of aromatic nitrogens is 3. The zero-order valence-corrected chi connectivity index (χ0v) is 16.3. The summed E-state index contributed by atoms with van der Waals surface area (Å²) in [6, 6.07) is 2.78. The molecule has 0 aliphatic heterocycles. The van der Waals surface area contributed by atoms with Gasteiger partial charge in [-0.25, -0.2) is 9.37 Å². The molecule has 0 saturated heterocycles. The minimum atomic E-state index is -4.60. The molecule has 2 N–H and O–H groups in total. The molecule has 2 heterocycles. The van der Waals surface area contributed by atoms with Crippen LogP contribution in [0.25, 0.3) is 11.3 Å². The second kappa shape index (κ2) is 5.50. The van der Waals surface area contributed by atoms with Gasteiger partial charge < -0.3 is 10.5 Å². The first-order valence-electron chi connectivity index (χ1n) is 9.66. The summed E-state index contributed by atoms with van der Waals surface area (Å²) in [6.45, 7) is 3.99. The Balaban J connectivity index is 1.55. The monoisotopic (exact) mass is 410 g/mol. The molecule has 5 nitrogen and oxygen atoms in total. The molecule has 2 aromatic rings. The molecule has 2 bridgehead atoms. The van der Waals surface area contributed by atoms with Crippen LogP contribution in [-0.4, -0.2) is 34.1 Å². The zero-order valence-electron chi connectivity index (χ0n) is 16.3. The van der Waals surface area contributed by atoms with Crippen LogP contribution in [0.1, 0.15) is 37.6 Å². The molecule has 2 unspecified atom stereocenters. The van der Waals surface area contributed by atoms with Gasteiger partial charge in [-0.1, -0.05) is 0 Å². The number of pyridine rings is 1. The Kier molecular flexibility index (Phi) is 3.57. The molecule has 29 heavy (non-hydrogen) atoms. The molecule has 0 radical (unpaired) electrons. The smallest absolute Gasteiger partial charge is 0.383 e.